The molecule has 1 amide bonds. The van der Waals surface area contributed by atoms with E-state index in [-0.39, 0.29) is 18.0 Å². The zero-order chi connectivity index (χ0) is 18.6. The van der Waals surface area contributed by atoms with Gasteiger partial charge < -0.3 is 15.0 Å². The van der Waals surface area contributed by atoms with Crippen LogP contribution in [-0.4, -0.2) is 92.9 Å². The lowest BCUT2D eigenvalue weighted by molar-refractivity contribution is -0.133. The number of nitrogens with one attached hydrogen (secondary N) is 1. The van der Waals surface area contributed by atoms with E-state index < -0.39 is 10.2 Å². The zero-order valence-electron chi connectivity index (χ0n) is 15.7. The van der Waals surface area contributed by atoms with Crippen molar-refractivity contribution in [1.82, 2.24) is 18.8 Å². The molecule has 2 aliphatic heterocycles. The monoisotopic (exact) mass is 388 g/mol. The molecule has 1 atom stereocenters. The maximum absolute atomic E-state index is 12.9. The van der Waals surface area contributed by atoms with Crippen LogP contribution in [0.25, 0.3) is 0 Å². The number of nitrogens with zero attached hydrogens (tertiary/aromatic N) is 3. The fraction of sp³-hybridized carbons (Fsp3) is 0.941. The second-order valence-corrected chi connectivity index (χ2v) is 9.51. The van der Waals surface area contributed by atoms with Crippen LogP contribution in [0.2, 0.25) is 0 Å². The molecule has 9 heteroatoms. The number of rotatable bonds is 5. The molecule has 8 nitrogen and oxygen atoms in total. The third-order valence-corrected chi connectivity index (χ3v) is 7.83. The predicted molar refractivity (Wildman–Crippen MR) is 98.9 cm³/mol. The molecule has 0 aromatic heterocycles. The van der Waals surface area contributed by atoms with Crippen molar-refractivity contribution in [2.75, 3.05) is 53.0 Å². The van der Waals surface area contributed by atoms with Gasteiger partial charge in [-0.25, -0.2) is 0 Å². The molecule has 1 aliphatic carbocycles. The van der Waals surface area contributed by atoms with Crippen molar-refractivity contribution in [2.24, 2.45) is 0 Å². The second kappa shape index (κ2) is 8.97. The van der Waals surface area contributed by atoms with Crippen molar-refractivity contribution < 1.29 is 17.9 Å². The van der Waals surface area contributed by atoms with Crippen LogP contribution in [0.1, 0.15) is 38.5 Å². The summed E-state index contributed by atoms with van der Waals surface area (Å²) in [6.45, 7) is 3.70. The Morgan fingerprint density at radius 3 is 2.46 bits per heavy atom. The minimum absolute atomic E-state index is 0.0652. The highest BCUT2D eigenvalue weighted by Crippen LogP contribution is 2.25. The first-order chi connectivity index (χ1) is 12.5. The molecular weight excluding hydrogens is 356 g/mol. The van der Waals surface area contributed by atoms with Crippen molar-refractivity contribution in [3.8, 4) is 0 Å². The fourth-order valence-electron chi connectivity index (χ4n) is 4.07. The average Bonchev–Trinajstić information content (AvgIpc) is 2.69. The third kappa shape index (κ3) is 4.75. The van der Waals surface area contributed by atoms with Gasteiger partial charge in [-0.15, -0.1) is 0 Å². The first kappa shape index (κ1) is 20.0. The molecule has 1 unspecified atom stereocenters. The third-order valence-electron chi connectivity index (χ3n) is 5.79. The Balaban J connectivity index is 1.49. The Hall–Kier alpha value is -0.740. The summed E-state index contributed by atoms with van der Waals surface area (Å²) in [6, 6.07) is 0.182. The van der Waals surface area contributed by atoms with E-state index in [0.717, 1.165) is 32.2 Å². The quantitative estimate of drug-likeness (QED) is 0.718. The van der Waals surface area contributed by atoms with Crippen molar-refractivity contribution >= 4 is 16.1 Å². The van der Waals surface area contributed by atoms with E-state index in [1.54, 1.807) is 16.3 Å². The number of ether oxygens (including phenoxy) is 1. The van der Waals surface area contributed by atoms with Gasteiger partial charge >= 0.3 is 0 Å². The Kier molecular flexibility index (Phi) is 6.90. The summed E-state index contributed by atoms with van der Waals surface area (Å²) < 4.78 is 34.3. The summed E-state index contributed by atoms with van der Waals surface area (Å²) in [7, 11) is -1.74. The van der Waals surface area contributed by atoms with Gasteiger partial charge in [-0.3, -0.25) is 4.79 Å². The van der Waals surface area contributed by atoms with Crippen LogP contribution in [0.4, 0.5) is 0 Å². The maximum Gasteiger partial charge on any atom is 0.282 e. The molecule has 3 rings (SSSR count). The number of piperazine rings is 1. The van der Waals surface area contributed by atoms with Crippen molar-refractivity contribution in [2.45, 2.75) is 50.6 Å². The molecule has 2 heterocycles. The van der Waals surface area contributed by atoms with Crippen LogP contribution in [0, 0.1) is 0 Å². The average molecular weight is 389 g/mol. The van der Waals surface area contributed by atoms with E-state index in [9.17, 15) is 13.2 Å². The van der Waals surface area contributed by atoms with Crippen LogP contribution >= 0.6 is 0 Å². The summed E-state index contributed by atoms with van der Waals surface area (Å²) in [6.07, 6.45) is 5.72. The Morgan fingerprint density at radius 1 is 1.15 bits per heavy atom. The summed E-state index contributed by atoms with van der Waals surface area (Å²) in [5.41, 5.74) is 0. The van der Waals surface area contributed by atoms with Crippen LogP contribution in [0.5, 0.6) is 0 Å². The number of carbonyl (C=O) groups excluding carboxylic acids is 1. The minimum Gasteiger partial charge on any atom is -0.378 e. The second-order valence-electron chi connectivity index (χ2n) is 7.53. The SMILES string of the molecule is CN(C1CCCCC1)S(=O)(=O)N1CCN(C(=O)CC2COCCN2)CC1. The van der Waals surface area contributed by atoms with E-state index in [1.165, 1.54) is 10.7 Å². The molecule has 2 saturated heterocycles. The predicted octanol–water partition coefficient (Wildman–Crippen LogP) is 0.0184. The molecule has 0 aromatic rings. The van der Waals surface area contributed by atoms with Gasteiger partial charge in [0.05, 0.1) is 13.2 Å². The molecule has 0 radical (unpaired) electrons. The Morgan fingerprint density at radius 2 is 1.85 bits per heavy atom. The maximum atomic E-state index is 12.9. The van der Waals surface area contributed by atoms with E-state index in [1.807, 2.05) is 0 Å². The first-order valence-corrected chi connectivity index (χ1v) is 11.2. The van der Waals surface area contributed by atoms with Gasteiger partial charge in [0, 0.05) is 58.3 Å². The summed E-state index contributed by atoms with van der Waals surface area (Å²) >= 11 is 0. The Labute approximate surface area is 157 Å². The van der Waals surface area contributed by atoms with Gasteiger partial charge in [0.25, 0.3) is 10.2 Å². The van der Waals surface area contributed by atoms with E-state index in [2.05, 4.69) is 5.32 Å². The van der Waals surface area contributed by atoms with E-state index in [0.29, 0.717) is 45.8 Å². The van der Waals surface area contributed by atoms with E-state index >= 15 is 0 Å². The molecule has 150 valence electrons. The van der Waals surface area contributed by atoms with Gasteiger partial charge in [-0.1, -0.05) is 19.3 Å². The number of hydrogen-bond donors (Lipinski definition) is 1. The van der Waals surface area contributed by atoms with Crippen LogP contribution < -0.4 is 5.32 Å². The molecule has 26 heavy (non-hydrogen) atoms. The minimum atomic E-state index is -3.44. The largest absolute Gasteiger partial charge is 0.378 e. The molecule has 0 aromatic carbocycles. The molecule has 0 spiro atoms. The van der Waals surface area contributed by atoms with E-state index in [4.69, 9.17) is 4.74 Å². The van der Waals surface area contributed by atoms with Gasteiger partial charge in [0.2, 0.25) is 5.91 Å². The van der Waals surface area contributed by atoms with Crippen molar-refractivity contribution in [1.29, 1.82) is 0 Å². The highest BCUT2D eigenvalue weighted by molar-refractivity contribution is 7.86. The molecule has 1 saturated carbocycles. The molecule has 1 N–H and O–H groups in total. The number of amides is 1. The van der Waals surface area contributed by atoms with Gasteiger partial charge in [-0.2, -0.15) is 17.0 Å². The lowest BCUT2D eigenvalue weighted by atomic mass is 9.96. The van der Waals surface area contributed by atoms with Gasteiger partial charge in [0.1, 0.15) is 0 Å². The van der Waals surface area contributed by atoms with Crippen LogP contribution in [-0.2, 0) is 19.7 Å². The topological polar surface area (TPSA) is 82.2 Å². The summed E-state index contributed by atoms with van der Waals surface area (Å²) in [5.74, 6) is 0.0747. The molecular formula is C17H32N4O4S. The van der Waals surface area contributed by atoms with Crippen molar-refractivity contribution in [3.05, 3.63) is 0 Å². The molecule has 3 aliphatic rings. The van der Waals surface area contributed by atoms with Gasteiger partial charge in [-0.05, 0) is 12.8 Å². The van der Waals surface area contributed by atoms with Gasteiger partial charge in [0.15, 0.2) is 0 Å². The standard InChI is InChI=1S/C17H32N4O4S/c1-19(16-5-3-2-4-6-16)26(23,24)21-10-8-20(9-11-21)17(22)13-15-14-25-12-7-18-15/h15-16,18H,2-14H2,1H3. The Bertz CT molecular complexity index is 565. The fourth-order valence-corrected chi connectivity index (χ4v) is 5.65. The van der Waals surface area contributed by atoms with Crippen LogP contribution in [0.3, 0.4) is 0 Å². The number of carbonyl (C=O) groups is 1. The summed E-state index contributed by atoms with van der Waals surface area (Å²) in [5, 5.41) is 3.29. The number of morpholine rings is 1. The van der Waals surface area contributed by atoms with Crippen LogP contribution in [0.15, 0.2) is 0 Å². The molecule has 0 bridgehead atoms. The lowest BCUT2D eigenvalue weighted by Crippen LogP contribution is -2.56. The normalized spacial score (nSPS) is 27.0. The lowest BCUT2D eigenvalue weighted by Gasteiger charge is -2.39. The summed E-state index contributed by atoms with van der Waals surface area (Å²) in [4.78, 5) is 14.2. The first-order valence-electron chi connectivity index (χ1n) is 9.80. The van der Waals surface area contributed by atoms with Crippen molar-refractivity contribution in [3.63, 3.8) is 0 Å². The molecule has 3 fully saturated rings. The zero-order valence-corrected chi connectivity index (χ0v) is 16.5. The number of hydrogen-bond acceptors (Lipinski definition) is 5. The highest BCUT2D eigenvalue weighted by atomic mass is 32.2. The highest BCUT2D eigenvalue weighted by Gasteiger charge is 2.35. The smallest absolute Gasteiger partial charge is 0.282 e.